The van der Waals surface area contributed by atoms with E-state index >= 15 is 0 Å². The second kappa shape index (κ2) is 5.43. The predicted molar refractivity (Wildman–Crippen MR) is 59.8 cm³/mol. The number of ether oxygens (including phenoxy) is 2. The van der Waals surface area contributed by atoms with Crippen molar-refractivity contribution in [3.63, 3.8) is 0 Å². The molecule has 0 aromatic carbocycles. The first-order valence-electron chi connectivity index (χ1n) is 5.29. The van der Waals surface area contributed by atoms with Crippen molar-refractivity contribution in [1.82, 2.24) is 15.3 Å². The largest absolute Gasteiger partial charge is 0.464 e. The van der Waals surface area contributed by atoms with Crippen LogP contribution in [0.15, 0.2) is 6.07 Å². The van der Waals surface area contributed by atoms with Crippen LogP contribution in [0.3, 0.4) is 0 Å². The molecule has 0 bridgehead atoms. The van der Waals surface area contributed by atoms with E-state index in [1.807, 2.05) is 6.92 Å². The molecule has 1 saturated heterocycles. The molecule has 1 aliphatic heterocycles. The second-order valence-electron chi connectivity index (χ2n) is 3.39. The van der Waals surface area contributed by atoms with Crippen molar-refractivity contribution >= 4 is 11.6 Å². The van der Waals surface area contributed by atoms with Gasteiger partial charge in [0.1, 0.15) is 11.3 Å². The quantitative estimate of drug-likeness (QED) is 0.809. The van der Waals surface area contributed by atoms with E-state index in [1.165, 1.54) is 0 Å². The minimum atomic E-state index is -0.0755. The average molecular weight is 244 g/mol. The summed E-state index contributed by atoms with van der Waals surface area (Å²) in [6, 6.07) is 2.01. The molecule has 1 N–H and O–H groups in total. The van der Waals surface area contributed by atoms with Crippen LogP contribution in [0.5, 0.6) is 6.01 Å². The van der Waals surface area contributed by atoms with Crippen molar-refractivity contribution in [2.75, 3.05) is 26.3 Å². The lowest BCUT2D eigenvalue weighted by atomic mass is 10.2. The molecule has 1 fully saturated rings. The SMILES string of the molecule is CCOc1nc(Cl)cc(C2CNCCO2)n1. The molecule has 0 saturated carbocycles. The molecule has 6 heteroatoms. The van der Waals surface area contributed by atoms with Gasteiger partial charge in [-0.1, -0.05) is 11.6 Å². The van der Waals surface area contributed by atoms with Crippen molar-refractivity contribution in [3.05, 3.63) is 16.9 Å². The number of nitrogens with one attached hydrogen (secondary N) is 1. The van der Waals surface area contributed by atoms with Gasteiger partial charge in [-0.25, -0.2) is 0 Å². The number of hydrogen-bond donors (Lipinski definition) is 1. The highest BCUT2D eigenvalue weighted by atomic mass is 35.5. The summed E-state index contributed by atoms with van der Waals surface area (Å²) in [4.78, 5) is 8.24. The van der Waals surface area contributed by atoms with Gasteiger partial charge < -0.3 is 14.8 Å². The average Bonchev–Trinajstić information content (AvgIpc) is 2.30. The first kappa shape index (κ1) is 11.6. The molecule has 1 atom stereocenters. The van der Waals surface area contributed by atoms with Crippen LogP contribution in [0.2, 0.25) is 5.15 Å². The standard InChI is InChI=1S/C10H14ClN3O2/c1-2-15-10-13-7(5-9(11)14-10)8-6-12-3-4-16-8/h5,8,12H,2-4,6H2,1H3. The van der Waals surface area contributed by atoms with E-state index in [9.17, 15) is 0 Å². The highest BCUT2D eigenvalue weighted by Gasteiger charge is 2.18. The molecule has 1 aromatic rings. The van der Waals surface area contributed by atoms with Gasteiger partial charge in [0.2, 0.25) is 0 Å². The van der Waals surface area contributed by atoms with E-state index in [4.69, 9.17) is 21.1 Å². The van der Waals surface area contributed by atoms with Crippen LogP contribution in [-0.4, -0.2) is 36.3 Å². The Hall–Kier alpha value is -0.910. The van der Waals surface area contributed by atoms with Gasteiger partial charge in [0, 0.05) is 19.2 Å². The van der Waals surface area contributed by atoms with Crippen molar-refractivity contribution in [2.45, 2.75) is 13.0 Å². The third kappa shape index (κ3) is 2.81. The van der Waals surface area contributed by atoms with E-state index in [1.54, 1.807) is 6.07 Å². The molecule has 2 heterocycles. The fourth-order valence-corrected chi connectivity index (χ4v) is 1.71. The van der Waals surface area contributed by atoms with Crippen LogP contribution in [0.25, 0.3) is 0 Å². The molecule has 2 rings (SSSR count). The molecule has 0 amide bonds. The number of hydrogen-bond acceptors (Lipinski definition) is 5. The maximum Gasteiger partial charge on any atom is 0.318 e. The number of aromatic nitrogens is 2. The first-order chi connectivity index (χ1) is 7.79. The molecule has 88 valence electrons. The van der Waals surface area contributed by atoms with Crippen molar-refractivity contribution in [3.8, 4) is 6.01 Å². The van der Waals surface area contributed by atoms with Gasteiger partial charge in [0.25, 0.3) is 0 Å². The summed E-state index contributed by atoms with van der Waals surface area (Å²) >= 11 is 5.90. The van der Waals surface area contributed by atoms with Crippen molar-refractivity contribution < 1.29 is 9.47 Å². The van der Waals surface area contributed by atoms with Gasteiger partial charge in [-0.3, -0.25) is 0 Å². The summed E-state index contributed by atoms with van der Waals surface area (Å²) in [6.07, 6.45) is -0.0755. The van der Waals surface area contributed by atoms with Crippen LogP contribution in [0.1, 0.15) is 18.7 Å². The predicted octanol–water partition coefficient (Wildman–Crippen LogP) is 1.19. The van der Waals surface area contributed by atoms with Gasteiger partial charge in [-0.05, 0) is 6.92 Å². The molecule has 1 aliphatic rings. The molecule has 1 aromatic heterocycles. The molecule has 1 unspecified atom stereocenters. The fourth-order valence-electron chi connectivity index (χ4n) is 1.53. The van der Waals surface area contributed by atoms with Crippen LogP contribution < -0.4 is 10.1 Å². The van der Waals surface area contributed by atoms with Crippen LogP contribution in [0, 0.1) is 0 Å². The van der Waals surface area contributed by atoms with Crippen LogP contribution in [0.4, 0.5) is 0 Å². The zero-order valence-corrected chi connectivity index (χ0v) is 9.83. The van der Waals surface area contributed by atoms with Gasteiger partial charge in [0.05, 0.1) is 18.9 Å². The van der Waals surface area contributed by atoms with Crippen LogP contribution in [-0.2, 0) is 4.74 Å². The minimum absolute atomic E-state index is 0.0755. The Labute approximate surface area is 99.1 Å². The van der Waals surface area contributed by atoms with E-state index in [0.29, 0.717) is 24.4 Å². The molecule has 16 heavy (non-hydrogen) atoms. The van der Waals surface area contributed by atoms with Crippen LogP contribution >= 0.6 is 11.6 Å². The number of rotatable bonds is 3. The summed E-state index contributed by atoms with van der Waals surface area (Å²) < 4.78 is 10.8. The maximum absolute atomic E-state index is 5.90. The van der Waals surface area contributed by atoms with E-state index in [2.05, 4.69) is 15.3 Å². The Bertz CT molecular complexity index is 356. The lowest BCUT2D eigenvalue weighted by Crippen LogP contribution is -2.33. The number of nitrogens with zero attached hydrogens (tertiary/aromatic N) is 2. The minimum Gasteiger partial charge on any atom is -0.464 e. The third-order valence-corrected chi connectivity index (χ3v) is 2.42. The number of morpholine rings is 1. The second-order valence-corrected chi connectivity index (χ2v) is 3.78. The van der Waals surface area contributed by atoms with Gasteiger partial charge in [-0.2, -0.15) is 9.97 Å². The molecular weight excluding hydrogens is 230 g/mol. The Morgan fingerprint density at radius 2 is 2.50 bits per heavy atom. The third-order valence-electron chi connectivity index (χ3n) is 2.23. The molecule has 0 aliphatic carbocycles. The molecule has 0 spiro atoms. The molecular formula is C10H14ClN3O2. The summed E-state index contributed by atoms with van der Waals surface area (Å²) in [5, 5.41) is 3.61. The van der Waals surface area contributed by atoms with Crippen molar-refractivity contribution in [1.29, 1.82) is 0 Å². The smallest absolute Gasteiger partial charge is 0.318 e. The summed E-state index contributed by atoms with van der Waals surface area (Å²) in [6.45, 7) is 4.68. The highest BCUT2D eigenvalue weighted by molar-refractivity contribution is 6.29. The Kier molecular flexibility index (Phi) is 3.93. The lowest BCUT2D eigenvalue weighted by Gasteiger charge is -2.23. The Morgan fingerprint density at radius 3 is 3.19 bits per heavy atom. The fraction of sp³-hybridized carbons (Fsp3) is 0.600. The Morgan fingerprint density at radius 1 is 1.62 bits per heavy atom. The zero-order chi connectivity index (χ0) is 11.4. The normalized spacial score (nSPS) is 20.8. The van der Waals surface area contributed by atoms with E-state index in [-0.39, 0.29) is 6.10 Å². The summed E-state index contributed by atoms with van der Waals surface area (Å²) in [5.74, 6) is 0. The van der Waals surface area contributed by atoms with E-state index < -0.39 is 0 Å². The maximum atomic E-state index is 5.90. The zero-order valence-electron chi connectivity index (χ0n) is 9.07. The highest BCUT2D eigenvalue weighted by Crippen LogP contribution is 2.21. The number of halogens is 1. The first-order valence-corrected chi connectivity index (χ1v) is 5.67. The van der Waals surface area contributed by atoms with Gasteiger partial charge >= 0.3 is 6.01 Å². The summed E-state index contributed by atoms with van der Waals surface area (Å²) in [5.41, 5.74) is 0.760. The van der Waals surface area contributed by atoms with Crippen molar-refractivity contribution in [2.24, 2.45) is 0 Å². The summed E-state index contributed by atoms with van der Waals surface area (Å²) in [7, 11) is 0. The Balaban J connectivity index is 2.18. The monoisotopic (exact) mass is 243 g/mol. The lowest BCUT2D eigenvalue weighted by molar-refractivity contribution is 0.0245. The van der Waals surface area contributed by atoms with E-state index in [0.717, 1.165) is 18.8 Å². The molecule has 5 nitrogen and oxygen atoms in total. The topological polar surface area (TPSA) is 56.3 Å². The van der Waals surface area contributed by atoms with Gasteiger partial charge in [0.15, 0.2) is 0 Å². The molecule has 0 radical (unpaired) electrons. The van der Waals surface area contributed by atoms with Gasteiger partial charge in [-0.15, -0.1) is 0 Å².